The Bertz CT molecular complexity index is 763. The van der Waals surface area contributed by atoms with Crippen molar-refractivity contribution in [3.05, 3.63) is 11.6 Å². The Morgan fingerprint density at radius 3 is 2.52 bits per heavy atom. The zero-order valence-electron chi connectivity index (χ0n) is 19.7. The molecule has 4 aliphatic rings. The fourth-order valence-corrected chi connectivity index (χ4v) is 8.78. The lowest BCUT2D eigenvalue weighted by Crippen LogP contribution is -2.58. The molecule has 1 amide bonds. The molecule has 4 rings (SSSR count). The van der Waals surface area contributed by atoms with Gasteiger partial charge in [0.05, 0.1) is 6.10 Å². The topological polar surface area (TPSA) is 86.6 Å². The van der Waals surface area contributed by atoms with Crippen molar-refractivity contribution in [2.24, 2.45) is 46.3 Å². The second-order valence-electron chi connectivity index (χ2n) is 11.6. The third-order valence-corrected chi connectivity index (χ3v) is 10.4. The SMILES string of the molecule is C/C=C1/C(=O)C2C3CCC([C@H](C)CCC(=O)NO)[C@@]3(C)CCC2[C@@]2(C)CC[C@@H](O)C[C@@H]12. The molecule has 0 aliphatic heterocycles. The fraction of sp³-hybridized carbons (Fsp3) is 0.846. The quantitative estimate of drug-likeness (QED) is 0.343. The van der Waals surface area contributed by atoms with Gasteiger partial charge in [-0.2, -0.15) is 0 Å². The van der Waals surface area contributed by atoms with Crippen LogP contribution in [0.2, 0.25) is 0 Å². The number of hydrogen-bond donors (Lipinski definition) is 3. The highest BCUT2D eigenvalue weighted by Crippen LogP contribution is 2.68. The van der Waals surface area contributed by atoms with Crippen molar-refractivity contribution in [3.8, 4) is 0 Å². The van der Waals surface area contributed by atoms with Crippen LogP contribution in [-0.4, -0.2) is 28.1 Å². The molecule has 3 N–H and O–H groups in total. The van der Waals surface area contributed by atoms with E-state index in [1.807, 2.05) is 13.0 Å². The van der Waals surface area contributed by atoms with Gasteiger partial charge in [-0.25, -0.2) is 5.48 Å². The Kier molecular flexibility index (Phi) is 6.15. The number of carbonyl (C=O) groups excluding carboxylic acids is 2. The van der Waals surface area contributed by atoms with E-state index in [-0.39, 0.29) is 34.7 Å². The van der Waals surface area contributed by atoms with Crippen molar-refractivity contribution >= 4 is 11.7 Å². The number of amides is 1. The predicted octanol–water partition coefficient (Wildman–Crippen LogP) is 4.66. The van der Waals surface area contributed by atoms with Crippen LogP contribution in [0.4, 0.5) is 0 Å². The molecule has 5 heteroatoms. The van der Waals surface area contributed by atoms with Crippen molar-refractivity contribution in [1.29, 1.82) is 0 Å². The van der Waals surface area contributed by atoms with E-state index in [0.717, 1.165) is 56.9 Å². The van der Waals surface area contributed by atoms with Crippen LogP contribution in [0.5, 0.6) is 0 Å². The summed E-state index contributed by atoms with van der Waals surface area (Å²) >= 11 is 0. The lowest BCUT2D eigenvalue weighted by molar-refractivity contribution is -0.150. The summed E-state index contributed by atoms with van der Waals surface area (Å²) in [6.45, 7) is 9.07. The van der Waals surface area contributed by atoms with Gasteiger partial charge < -0.3 is 5.11 Å². The molecule has 4 saturated carbocycles. The summed E-state index contributed by atoms with van der Waals surface area (Å²) in [7, 11) is 0. The average Bonchev–Trinajstić information content (AvgIpc) is 3.10. The van der Waals surface area contributed by atoms with Crippen molar-refractivity contribution in [2.75, 3.05) is 0 Å². The Labute approximate surface area is 187 Å². The van der Waals surface area contributed by atoms with Crippen molar-refractivity contribution in [2.45, 2.75) is 91.6 Å². The van der Waals surface area contributed by atoms with Crippen LogP contribution >= 0.6 is 0 Å². The Morgan fingerprint density at radius 1 is 1.16 bits per heavy atom. The van der Waals surface area contributed by atoms with E-state index in [1.165, 1.54) is 0 Å². The first kappa shape index (κ1) is 23.0. The van der Waals surface area contributed by atoms with Gasteiger partial charge in [-0.3, -0.25) is 14.8 Å². The summed E-state index contributed by atoms with van der Waals surface area (Å²) < 4.78 is 0. The molecule has 0 saturated heterocycles. The molecule has 174 valence electrons. The van der Waals surface area contributed by atoms with Crippen LogP contribution < -0.4 is 5.48 Å². The van der Waals surface area contributed by atoms with Gasteiger partial charge >= 0.3 is 0 Å². The van der Waals surface area contributed by atoms with E-state index in [9.17, 15) is 14.7 Å². The van der Waals surface area contributed by atoms with E-state index in [4.69, 9.17) is 5.21 Å². The first-order valence-corrected chi connectivity index (χ1v) is 12.5. The van der Waals surface area contributed by atoms with Gasteiger partial charge in [-0.15, -0.1) is 0 Å². The van der Waals surface area contributed by atoms with Crippen molar-refractivity contribution in [1.82, 2.24) is 5.48 Å². The number of rotatable bonds is 4. The minimum atomic E-state index is -0.311. The van der Waals surface area contributed by atoms with E-state index in [1.54, 1.807) is 5.48 Å². The molecular weight excluding hydrogens is 390 g/mol. The Balaban J connectivity index is 1.61. The van der Waals surface area contributed by atoms with Gasteiger partial charge in [0.25, 0.3) is 0 Å². The fourth-order valence-electron chi connectivity index (χ4n) is 8.78. The molecule has 4 fully saturated rings. The number of Topliss-reactive ketones (excluding diaryl/α,β-unsaturated/α-hetero) is 1. The van der Waals surface area contributed by atoms with Gasteiger partial charge in [0, 0.05) is 12.3 Å². The lowest BCUT2D eigenvalue weighted by Gasteiger charge is -2.61. The number of carbonyl (C=O) groups is 2. The van der Waals surface area contributed by atoms with Crippen LogP contribution in [0.25, 0.3) is 0 Å². The highest BCUT2D eigenvalue weighted by Gasteiger charge is 2.64. The third-order valence-electron chi connectivity index (χ3n) is 10.4. The molecule has 0 heterocycles. The van der Waals surface area contributed by atoms with Gasteiger partial charge in [-0.05, 0) is 104 Å². The maximum atomic E-state index is 13.9. The molecule has 0 spiro atoms. The Morgan fingerprint density at radius 2 is 1.84 bits per heavy atom. The maximum Gasteiger partial charge on any atom is 0.243 e. The smallest absolute Gasteiger partial charge is 0.243 e. The summed E-state index contributed by atoms with van der Waals surface area (Å²) in [5.41, 5.74) is 3.00. The highest BCUT2D eigenvalue weighted by atomic mass is 16.5. The summed E-state index contributed by atoms with van der Waals surface area (Å²) in [6.07, 6.45) is 10.00. The van der Waals surface area contributed by atoms with Crippen LogP contribution in [0.15, 0.2) is 11.6 Å². The number of nitrogens with one attached hydrogen (secondary N) is 1. The minimum Gasteiger partial charge on any atom is -0.393 e. The second kappa shape index (κ2) is 8.30. The van der Waals surface area contributed by atoms with Gasteiger partial charge in [0.2, 0.25) is 5.91 Å². The van der Waals surface area contributed by atoms with E-state index >= 15 is 0 Å². The zero-order chi connectivity index (χ0) is 22.6. The van der Waals surface area contributed by atoms with Crippen LogP contribution in [-0.2, 0) is 9.59 Å². The molecule has 0 aromatic rings. The summed E-state index contributed by atoms with van der Waals surface area (Å²) in [6, 6.07) is 0. The van der Waals surface area contributed by atoms with Gasteiger partial charge in [-0.1, -0.05) is 26.8 Å². The first-order chi connectivity index (χ1) is 14.7. The van der Waals surface area contributed by atoms with Gasteiger partial charge in [0.15, 0.2) is 5.78 Å². The average molecular weight is 432 g/mol. The molecule has 31 heavy (non-hydrogen) atoms. The van der Waals surface area contributed by atoms with E-state index in [0.29, 0.717) is 35.9 Å². The monoisotopic (exact) mass is 431 g/mol. The number of ketones is 1. The normalized spacial score (nSPS) is 46.8. The number of allylic oxidation sites excluding steroid dienone is 2. The second-order valence-corrected chi connectivity index (χ2v) is 11.6. The van der Waals surface area contributed by atoms with Crippen LogP contribution in [0, 0.1) is 46.3 Å². The number of hydroxylamine groups is 1. The maximum absolute atomic E-state index is 13.9. The number of fused-ring (bicyclic) bond motifs is 5. The van der Waals surface area contributed by atoms with Crippen LogP contribution in [0.3, 0.4) is 0 Å². The molecule has 0 radical (unpaired) electrons. The van der Waals surface area contributed by atoms with Crippen molar-refractivity contribution in [3.63, 3.8) is 0 Å². The summed E-state index contributed by atoms with van der Waals surface area (Å²) in [4.78, 5) is 25.4. The van der Waals surface area contributed by atoms with E-state index in [2.05, 4.69) is 20.8 Å². The number of hydrogen-bond acceptors (Lipinski definition) is 4. The van der Waals surface area contributed by atoms with E-state index < -0.39 is 0 Å². The molecule has 9 atom stereocenters. The zero-order valence-corrected chi connectivity index (χ0v) is 19.7. The number of aliphatic hydroxyl groups is 1. The highest BCUT2D eigenvalue weighted by molar-refractivity contribution is 5.99. The van der Waals surface area contributed by atoms with Crippen LogP contribution in [0.1, 0.15) is 85.5 Å². The largest absolute Gasteiger partial charge is 0.393 e. The summed E-state index contributed by atoms with van der Waals surface area (Å²) in [5, 5.41) is 19.2. The summed E-state index contributed by atoms with van der Waals surface area (Å²) in [5.74, 6) is 2.13. The lowest BCUT2D eigenvalue weighted by atomic mass is 9.43. The molecule has 4 unspecified atom stereocenters. The minimum absolute atomic E-state index is 0.111. The molecule has 0 bridgehead atoms. The molecule has 5 nitrogen and oxygen atoms in total. The molecule has 0 aromatic carbocycles. The molecular formula is C26H41NO4. The Hall–Kier alpha value is -1.20. The molecule has 0 aromatic heterocycles. The van der Waals surface area contributed by atoms with Crippen molar-refractivity contribution < 1.29 is 19.9 Å². The third kappa shape index (κ3) is 3.51. The first-order valence-electron chi connectivity index (χ1n) is 12.5. The molecule has 4 aliphatic carbocycles. The standard InChI is InChI=1S/C26H41NO4/c1-5-17-21-14-16(28)10-12-26(21,4)20-11-13-25(3)18(15(2)6-9-22(29)27-31)7-8-19(25)23(20)24(17)30/h5,15-16,18-21,23,28,31H,6-14H2,1-4H3,(H,27,29)/b17-5+/t15-,16-,18?,19?,20?,21+,23?,25-,26-/m1/s1. The van der Waals surface area contributed by atoms with Gasteiger partial charge in [0.1, 0.15) is 0 Å². The number of aliphatic hydroxyl groups excluding tert-OH is 1. The predicted molar refractivity (Wildman–Crippen MR) is 119 cm³/mol.